The van der Waals surface area contributed by atoms with Crippen LogP contribution in [0.15, 0.2) is 59.4 Å². The second kappa shape index (κ2) is 6.21. The van der Waals surface area contributed by atoms with Gasteiger partial charge in [0.2, 0.25) is 0 Å². The van der Waals surface area contributed by atoms with Gasteiger partial charge in [-0.25, -0.2) is 4.98 Å². The normalized spacial score (nSPS) is 11.9. The monoisotopic (exact) mass is 356 g/mol. The van der Waals surface area contributed by atoms with Crippen molar-refractivity contribution < 1.29 is 0 Å². The van der Waals surface area contributed by atoms with E-state index in [2.05, 4.69) is 28.8 Å². The molecule has 2 N–H and O–H groups in total. The number of hydrogen-bond donors (Lipinski definition) is 2. The van der Waals surface area contributed by atoms with Crippen LogP contribution in [-0.2, 0) is 0 Å². The average Bonchev–Trinajstić information content (AvgIpc) is 3.09. The summed E-state index contributed by atoms with van der Waals surface area (Å²) in [5.41, 5.74) is 3.48. The minimum atomic E-state index is -0.0101. The van der Waals surface area contributed by atoms with Gasteiger partial charge < -0.3 is 10.6 Å². The minimum Gasteiger partial charge on any atom is -0.384 e. The molecule has 0 bridgehead atoms. The first-order valence-corrected chi connectivity index (χ1v) is 9.26. The van der Waals surface area contributed by atoms with Gasteiger partial charge >= 0.3 is 0 Å². The van der Waals surface area contributed by atoms with Crippen LogP contribution in [0.5, 0.6) is 0 Å². The molecule has 27 heavy (non-hydrogen) atoms. The summed E-state index contributed by atoms with van der Waals surface area (Å²) in [6.07, 6.45) is 1.04. The van der Waals surface area contributed by atoms with Crippen LogP contribution in [0.4, 0.5) is 5.69 Å². The second-order valence-corrected chi connectivity index (χ2v) is 6.84. The van der Waals surface area contributed by atoms with E-state index in [4.69, 9.17) is 4.98 Å². The van der Waals surface area contributed by atoms with E-state index in [1.807, 2.05) is 43.4 Å². The van der Waals surface area contributed by atoms with Gasteiger partial charge in [-0.15, -0.1) is 0 Å². The summed E-state index contributed by atoms with van der Waals surface area (Å²) in [7, 11) is 1.96. The molecular formula is C22H20N4O. The smallest absolute Gasteiger partial charge is 0.264 e. The predicted octanol–water partition coefficient (Wildman–Crippen LogP) is 3.61. The van der Waals surface area contributed by atoms with E-state index in [0.717, 1.165) is 63.4 Å². The summed E-state index contributed by atoms with van der Waals surface area (Å²) >= 11 is 0. The third-order valence-corrected chi connectivity index (χ3v) is 5.19. The van der Waals surface area contributed by atoms with Crippen LogP contribution in [0.3, 0.4) is 0 Å². The van der Waals surface area contributed by atoms with Gasteiger partial charge in [0.1, 0.15) is 5.65 Å². The number of aromatic nitrogens is 2. The molecule has 5 rings (SSSR count). The highest BCUT2D eigenvalue weighted by Crippen LogP contribution is 2.33. The summed E-state index contributed by atoms with van der Waals surface area (Å²) in [6.45, 7) is 1.85. The lowest BCUT2D eigenvalue weighted by molar-refractivity contribution is 0.748. The van der Waals surface area contributed by atoms with Crippen molar-refractivity contribution in [3.63, 3.8) is 0 Å². The van der Waals surface area contributed by atoms with Gasteiger partial charge in [-0.3, -0.25) is 9.20 Å². The number of para-hydroxylation sites is 2. The number of nitrogens with one attached hydrogen (secondary N) is 2. The molecule has 0 atom stereocenters. The number of anilines is 1. The van der Waals surface area contributed by atoms with E-state index in [-0.39, 0.29) is 5.56 Å². The number of hydrogen-bond acceptors (Lipinski definition) is 4. The molecule has 134 valence electrons. The fourth-order valence-electron chi connectivity index (χ4n) is 3.95. The van der Waals surface area contributed by atoms with Crippen LogP contribution in [0, 0.1) is 0 Å². The maximum atomic E-state index is 13.3. The van der Waals surface area contributed by atoms with Crippen molar-refractivity contribution in [3.8, 4) is 0 Å². The van der Waals surface area contributed by atoms with Gasteiger partial charge in [-0.2, -0.15) is 0 Å². The molecule has 0 spiro atoms. The summed E-state index contributed by atoms with van der Waals surface area (Å²) in [5.74, 6) is 0. The lowest BCUT2D eigenvalue weighted by atomic mass is 10.0. The largest absolute Gasteiger partial charge is 0.384 e. The lowest BCUT2D eigenvalue weighted by Crippen LogP contribution is -2.14. The molecule has 0 aliphatic rings. The zero-order valence-electron chi connectivity index (χ0n) is 15.1. The molecule has 0 amide bonds. The minimum absolute atomic E-state index is 0.0101. The Morgan fingerprint density at radius 1 is 0.926 bits per heavy atom. The molecule has 0 aliphatic carbocycles. The molecule has 5 nitrogen and oxygen atoms in total. The van der Waals surface area contributed by atoms with Crippen molar-refractivity contribution in [2.75, 3.05) is 25.5 Å². The Morgan fingerprint density at radius 2 is 1.78 bits per heavy atom. The number of benzene rings is 3. The van der Waals surface area contributed by atoms with E-state index in [0.29, 0.717) is 0 Å². The molecule has 0 radical (unpaired) electrons. The summed E-state index contributed by atoms with van der Waals surface area (Å²) in [5, 5.41) is 10.5. The summed E-state index contributed by atoms with van der Waals surface area (Å²) < 4.78 is 1.74. The van der Waals surface area contributed by atoms with Crippen LogP contribution < -0.4 is 16.2 Å². The Hall–Kier alpha value is -3.18. The van der Waals surface area contributed by atoms with Gasteiger partial charge in [-0.1, -0.05) is 24.3 Å². The molecule has 5 aromatic rings. The van der Waals surface area contributed by atoms with Gasteiger partial charge in [0.25, 0.3) is 5.56 Å². The molecule has 3 aromatic carbocycles. The topological polar surface area (TPSA) is 58.4 Å². The Labute approximate surface area is 156 Å². The van der Waals surface area contributed by atoms with E-state index in [9.17, 15) is 4.79 Å². The number of nitrogens with zero attached hydrogens (tertiary/aromatic N) is 2. The Morgan fingerprint density at radius 3 is 2.67 bits per heavy atom. The van der Waals surface area contributed by atoms with Crippen molar-refractivity contribution in [2.45, 2.75) is 6.42 Å². The molecule has 2 heterocycles. The van der Waals surface area contributed by atoms with Crippen LogP contribution in [0.1, 0.15) is 6.42 Å². The third kappa shape index (κ3) is 2.35. The summed E-state index contributed by atoms with van der Waals surface area (Å²) in [6, 6.07) is 17.9. The Bertz CT molecular complexity index is 1340. The first-order valence-electron chi connectivity index (χ1n) is 9.26. The number of fused-ring (bicyclic) bond motifs is 4. The quantitative estimate of drug-likeness (QED) is 0.472. The fourth-order valence-corrected chi connectivity index (χ4v) is 3.95. The molecule has 0 saturated heterocycles. The van der Waals surface area contributed by atoms with E-state index in [1.165, 1.54) is 0 Å². The Balaban J connectivity index is 1.82. The van der Waals surface area contributed by atoms with Gasteiger partial charge in [0.15, 0.2) is 0 Å². The van der Waals surface area contributed by atoms with Crippen LogP contribution >= 0.6 is 0 Å². The Kier molecular flexibility index (Phi) is 3.69. The first-order chi connectivity index (χ1) is 13.3. The highest BCUT2D eigenvalue weighted by atomic mass is 16.1. The summed E-state index contributed by atoms with van der Waals surface area (Å²) in [4.78, 5) is 18.0. The van der Waals surface area contributed by atoms with Crippen LogP contribution in [0.25, 0.3) is 38.2 Å². The zero-order chi connectivity index (χ0) is 18.4. The molecule has 0 fully saturated rings. The van der Waals surface area contributed by atoms with Crippen LogP contribution in [0.2, 0.25) is 0 Å². The second-order valence-electron chi connectivity index (χ2n) is 6.84. The average molecular weight is 356 g/mol. The van der Waals surface area contributed by atoms with E-state index in [1.54, 1.807) is 4.40 Å². The maximum absolute atomic E-state index is 13.3. The molecule has 0 unspecified atom stereocenters. The highest BCUT2D eigenvalue weighted by Gasteiger charge is 2.16. The van der Waals surface area contributed by atoms with Crippen molar-refractivity contribution in [2.24, 2.45) is 0 Å². The first kappa shape index (κ1) is 16.0. The molecule has 5 heteroatoms. The number of rotatable bonds is 5. The van der Waals surface area contributed by atoms with Crippen molar-refractivity contribution in [1.29, 1.82) is 0 Å². The van der Waals surface area contributed by atoms with Crippen LogP contribution in [-0.4, -0.2) is 29.5 Å². The van der Waals surface area contributed by atoms with Crippen molar-refractivity contribution in [3.05, 3.63) is 65.0 Å². The molecular weight excluding hydrogens is 336 g/mol. The standard InChI is InChI=1S/C22H20N4O/c1-23-12-5-13-24-17-11-10-15-20-14(17)6-4-7-16(20)22(27)26-19-9-3-2-8-18(19)25-21(15)26/h2-4,6-11,23-24H,5,12-13H2,1H3. The zero-order valence-corrected chi connectivity index (χ0v) is 15.1. The maximum Gasteiger partial charge on any atom is 0.264 e. The lowest BCUT2D eigenvalue weighted by Gasteiger charge is -2.13. The van der Waals surface area contributed by atoms with Gasteiger partial charge in [-0.05, 0) is 50.3 Å². The van der Waals surface area contributed by atoms with Gasteiger partial charge in [0.05, 0.1) is 11.0 Å². The predicted molar refractivity (Wildman–Crippen MR) is 112 cm³/mol. The molecule has 0 aliphatic heterocycles. The number of pyridine rings is 1. The van der Waals surface area contributed by atoms with Crippen molar-refractivity contribution >= 4 is 43.9 Å². The molecule has 2 aromatic heterocycles. The van der Waals surface area contributed by atoms with E-state index >= 15 is 0 Å². The van der Waals surface area contributed by atoms with Gasteiger partial charge in [0, 0.05) is 33.8 Å². The molecule has 0 saturated carbocycles. The van der Waals surface area contributed by atoms with Crippen molar-refractivity contribution in [1.82, 2.24) is 14.7 Å². The van der Waals surface area contributed by atoms with E-state index < -0.39 is 0 Å². The fraction of sp³-hybridized carbons (Fsp3) is 0.182. The SMILES string of the molecule is CNCCCNc1ccc2c3c1cccc3c(=O)n1c3ccccc3nc21. The third-order valence-electron chi connectivity index (χ3n) is 5.19. The number of imidazole rings is 1. The highest BCUT2D eigenvalue weighted by molar-refractivity contribution is 6.18.